The summed E-state index contributed by atoms with van der Waals surface area (Å²) >= 11 is 0. The van der Waals surface area contributed by atoms with Crippen LogP contribution in [0.1, 0.15) is 42.1 Å². The minimum atomic E-state index is -0.550. The molecule has 1 saturated carbocycles. The molecule has 6 heteroatoms. The second kappa shape index (κ2) is 9.44. The largest absolute Gasteiger partial charge is 0.427 e. The van der Waals surface area contributed by atoms with Gasteiger partial charge in [-0.2, -0.15) is 0 Å². The molecular weight excluding hydrogens is 440 g/mol. The summed E-state index contributed by atoms with van der Waals surface area (Å²) in [6.07, 6.45) is 1.55. The van der Waals surface area contributed by atoms with Crippen molar-refractivity contribution in [2.24, 2.45) is 5.92 Å². The Hall–Kier alpha value is -3.22. The fourth-order valence-electron chi connectivity index (χ4n) is 6.12. The van der Waals surface area contributed by atoms with Gasteiger partial charge in [0.25, 0.3) is 5.91 Å². The average molecular weight is 473 g/mol. The zero-order chi connectivity index (χ0) is 24.6. The number of esters is 1. The molecule has 4 atom stereocenters. The van der Waals surface area contributed by atoms with E-state index in [0.29, 0.717) is 17.7 Å². The first-order valence-electron chi connectivity index (χ1n) is 12.3. The Bertz CT molecular complexity index is 1260. The normalized spacial score (nSPS) is 26.7. The quantitative estimate of drug-likeness (QED) is 0.445. The van der Waals surface area contributed by atoms with E-state index in [1.54, 1.807) is 6.07 Å². The standard InChI is InChI=1S/C29H32N2O4/c1-19(32)35-25-9-5-8-23(15-25)29-12-13-31(2)18-26(29)27(33)16-24(17-29)30-28(34)22-11-10-20-6-3-4-7-21(20)14-22/h3-11,14-15,24,26-27,33H,12-13,16-18H2,1-2H3,(H,30,34)/t24-,26-,27?,29-/m0/s1. The number of amides is 1. The third-order valence-corrected chi connectivity index (χ3v) is 7.78. The number of rotatable bonds is 4. The SMILES string of the molecule is CC(=O)Oc1cccc([C@@]23CCN(C)C[C@H]2C(O)C[C@H](NC(=O)c2ccc4ccccc4c2)C3)c1. The summed E-state index contributed by atoms with van der Waals surface area (Å²) in [7, 11) is 2.08. The van der Waals surface area contributed by atoms with E-state index in [9.17, 15) is 14.7 Å². The maximum atomic E-state index is 13.2. The summed E-state index contributed by atoms with van der Waals surface area (Å²) in [6, 6.07) is 21.2. The smallest absolute Gasteiger partial charge is 0.308 e. The number of nitrogens with zero attached hydrogens (tertiary/aromatic N) is 1. The van der Waals surface area contributed by atoms with Gasteiger partial charge in [0.05, 0.1) is 6.10 Å². The van der Waals surface area contributed by atoms with Gasteiger partial charge in [-0.15, -0.1) is 0 Å². The van der Waals surface area contributed by atoms with Gasteiger partial charge in [-0.05, 0) is 73.5 Å². The number of nitrogens with one attached hydrogen (secondary N) is 1. The molecule has 1 aliphatic heterocycles. The second-order valence-corrected chi connectivity index (χ2v) is 10.1. The monoisotopic (exact) mass is 472 g/mol. The fraction of sp³-hybridized carbons (Fsp3) is 0.379. The topological polar surface area (TPSA) is 78.9 Å². The van der Waals surface area contributed by atoms with E-state index in [2.05, 4.69) is 23.3 Å². The lowest BCUT2D eigenvalue weighted by molar-refractivity contribution is -0.131. The molecule has 0 radical (unpaired) electrons. The van der Waals surface area contributed by atoms with Gasteiger partial charge in [-0.1, -0.05) is 42.5 Å². The molecule has 3 aromatic rings. The average Bonchev–Trinajstić information content (AvgIpc) is 2.84. The van der Waals surface area contributed by atoms with Crippen LogP contribution in [0.3, 0.4) is 0 Å². The van der Waals surface area contributed by atoms with Crippen LogP contribution >= 0.6 is 0 Å². The van der Waals surface area contributed by atoms with E-state index in [-0.39, 0.29) is 29.3 Å². The Labute approximate surface area is 205 Å². The lowest BCUT2D eigenvalue weighted by atomic mass is 9.57. The molecule has 1 amide bonds. The number of aliphatic hydroxyl groups is 1. The van der Waals surface area contributed by atoms with Gasteiger partial charge in [0.1, 0.15) is 5.75 Å². The van der Waals surface area contributed by atoms with Crippen LogP contribution in [0.5, 0.6) is 5.75 Å². The number of likely N-dealkylation sites (tertiary alicyclic amines) is 1. The van der Waals surface area contributed by atoms with Crippen molar-refractivity contribution in [3.8, 4) is 5.75 Å². The molecule has 0 aromatic heterocycles. The molecule has 1 saturated heterocycles. The van der Waals surface area contributed by atoms with Gasteiger partial charge in [0.2, 0.25) is 0 Å². The number of fused-ring (bicyclic) bond motifs is 2. The van der Waals surface area contributed by atoms with E-state index >= 15 is 0 Å². The molecule has 1 unspecified atom stereocenters. The van der Waals surface area contributed by atoms with Gasteiger partial charge in [-0.25, -0.2) is 0 Å². The minimum Gasteiger partial charge on any atom is -0.427 e. The van der Waals surface area contributed by atoms with E-state index in [1.165, 1.54) is 6.92 Å². The van der Waals surface area contributed by atoms with E-state index < -0.39 is 6.10 Å². The predicted molar refractivity (Wildman–Crippen MR) is 135 cm³/mol. The zero-order valence-electron chi connectivity index (χ0n) is 20.2. The van der Waals surface area contributed by atoms with E-state index in [0.717, 1.165) is 42.3 Å². The number of carbonyl (C=O) groups is 2. The molecule has 1 aliphatic carbocycles. The van der Waals surface area contributed by atoms with Crippen molar-refractivity contribution in [2.45, 2.75) is 43.7 Å². The highest BCUT2D eigenvalue weighted by atomic mass is 16.5. The lowest BCUT2D eigenvalue weighted by Gasteiger charge is -2.54. The number of aliphatic hydroxyl groups excluding tert-OH is 1. The summed E-state index contributed by atoms with van der Waals surface area (Å²) in [5.74, 6) is 0.0634. The Kier molecular flexibility index (Phi) is 6.34. The summed E-state index contributed by atoms with van der Waals surface area (Å²) in [6.45, 7) is 3.07. The van der Waals surface area contributed by atoms with Gasteiger partial charge in [-0.3, -0.25) is 9.59 Å². The number of hydrogen-bond acceptors (Lipinski definition) is 5. The van der Waals surface area contributed by atoms with Crippen molar-refractivity contribution in [3.63, 3.8) is 0 Å². The van der Waals surface area contributed by atoms with E-state index in [4.69, 9.17) is 4.74 Å². The summed E-state index contributed by atoms with van der Waals surface area (Å²) in [4.78, 5) is 27.0. The van der Waals surface area contributed by atoms with Crippen molar-refractivity contribution >= 4 is 22.6 Å². The molecule has 3 aromatic carbocycles. The maximum Gasteiger partial charge on any atom is 0.308 e. The molecule has 182 valence electrons. The Morgan fingerprint density at radius 3 is 2.66 bits per heavy atom. The van der Waals surface area contributed by atoms with Crippen LogP contribution in [0.25, 0.3) is 10.8 Å². The van der Waals surface area contributed by atoms with Gasteiger partial charge in [0.15, 0.2) is 0 Å². The first-order chi connectivity index (χ1) is 16.8. The predicted octanol–water partition coefficient (Wildman–Crippen LogP) is 3.91. The summed E-state index contributed by atoms with van der Waals surface area (Å²) < 4.78 is 5.37. The summed E-state index contributed by atoms with van der Waals surface area (Å²) in [5, 5.41) is 16.6. The minimum absolute atomic E-state index is 0.0302. The van der Waals surface area contributed by atoms with Crippen LogP contribution in [0.2, 0.25) is 0 Å². The molecule has 2 fully saturated rings. The first-order valence-corrected chi connectivity index (χ1v) is 12.3. The van der Waals surface area contributed by atoms with Crippen LogP contribution < -0.4 is 10.1 Å². The second-order valence-electron chi connectivity index (χ2n) is 10.1. The lowest BCUT2D eigenvalue weighted by Crippen LogP contribution is -2.60. The fourth-order valence-corrected chi connectivity index (χ4v) is 6.12. The zero-order valence-corrected chi connectivity index (χ0v) is 20.2. The Morgan fingerprint density at radius 1 is 1.06 bits per heavy atom. The number of piperidine rings is 1. The Balaban J connectivity index is 1.44. The van der Waals surface area contributed by atoms with Crippen LogP contribution in [0.4, 0.5) is 0 Å². The molecule has 6 nitrogen and oxygen atoms in total. The van der Waals surface area contributed by atoms with Crippen LogP contribution in [-0.4, -0.2) is 54.2 Å². The molecule has 1 heterocycles. The summed E-state index contributed by atoms with van der Waals surface area (Å²) in [5.41, 5.74) is 1.36. The molecule has 2 N–H and O–H groups in total. The highest BCUT2D eigenvalue weighted by Crippen LogP contribution is 2.49. The number of hydrogen-bond donors (Lipinski definition) is 2. The highest BCUT2D eigenvalue weighted by molar-refractivity contribution is 5.98. The van der Waals surface area contributed by atoms with Crippen molar-refractivity contribution in [1.82, 2.24) is 10.2 Å². The molecule has 0 bridgehead atoms. The molecular formula is C29H32N2O4. The molecule has 35 heavy (non-hydrogen) atoms. The number of ether oxygens (including phenoxy) is 1. The Morgan fingerprint density at radius 2 is 1.86 bits per heavy atom. The van der Waals surface area contributed by atoms with Crippen LogP contribution in [-0.2, 0) is 10.2 Å². The molecule has 2 aliphatic rings. The van der Waals surface area contributed by atoms with Crippen LogP contribution in [0, 0.1) is 5.92 Å². The third kappa shape index (κ3) is 4.68. The van der Waals surface area contributed by atoms with Crippen molar-refractivity contribution in [3.05, 3.63) is 77.9 Å². The van der Waals surface area contributed by atoms with Gasteiger partial charge < -0.3 is 20.1 Å². The molecule has 5 rings (SSSR count). The number of benzene rings is 3. The van der Waals surface area contributed by atoms with Crippen molar-refractivity contribution in [2.75, 3.05) is 20.1 Å². The van der Waals surface area contributed by atoms with Gasteiger partial charge in [0, 0.05) is 36.4 Å². The molecule has 0 spiro atoms. The van der Waals surface area contributed by atoms with E-state index in [1.807, 2.05) is 54.6 Å². The van der Waals surface area contributed by atoms with Crippen molar-refractivity contribution < 1.29 is 19.4 Å². The maximum absolute atomic E-state index is 13.2. The first kappa shape index (κ1) is 23.5. The van der Waals surface area contributed by atoms with Crippen LogP contribution in [0.15, 0.2) is 66.7 Å². The van der Waals surface area contributed by atoms with Crippen molar-refractivity contribution in [1.29, 1.82) is 0 Å². The third-order valence-electron chi connectivity index (χ3n) is 7.78. The highest BCUT2D eigenvalue weighted by Gasteiger charge is 2.51. The van der Waals surface area contributed by atoms with Gasteiger partial charge >= 0.3 is 5.97 Å². The number of carbonyl (C=O) groups excluding carboxylic acids is 2.